The Morgan fingerprint density at radius 1 is 0.741 bits per heavy atom. The summed E-state index contributed by atoms with van der Waals surface area (Å²) in [5.41, 5.74) is 0.446. The number of carbonyl (C=O) groups is 1. The summed E-state index contributed by atoms with van der Waals surface area (Å²) < 4.78 is 11.8. The number of rotatable bonds is 17. The van der Waals surface area contributed by atoms with Crippen LogP contribution in [0.1, 0.15) is 101 Å². The zero-order chi connectivity index (χ0) is 19.7. The van der Waals surface area contributed by atoms with Crippen LogP contribution in [0.2, 0.25) is 0 Å². The van der Waals surface area contributed by atoms with Gasteiger partial charge in [-0.25, -0.2) is 0 Å². The van der Waals surface area contributed by atoms with Crippen molar-refractivity contribution in [3.8, 4) is 11.5 Å². The number of hydrogen-bond acceptors (Lipinski definition) is 3. The van der Waals surface area contributed by atoms with E-state index in [1.54, 1.807) is 18.2 Å². The number of carbonyl (C=O) groups excluding carboxylic acids is 1. The van der Waals surface area contributed by atoms with Crippen LogP contribution in [0.5, 0.6) is 11.5 Å². The first-order valence-electron chi connectivity index (χ1n) is 10.8. The molecule has 1 aromatic carbocycles. The molecule has 0 aliphatic carbocycles. The van der Waals surface area contributed by atoms with E-state index in [4.69, 9.17) is 21.1 Å². The van der Waals surface area contributed by atoms with Crippen molar-refractivity contribution < 1.29 is 14.3 Å². The van der Waals surface area contributed by atoms with Gasteiger partial charge in [0.1, 0.15) is 0 Å². The molecule has 4 heteroatoms. The molecule has 0 amide bonds. The molecule has 0 spiro atoms. The zero-order valence-corrected chi connectivity index (χ0v) is 18.0. The van der Waals surface area contributed by atoms with Gasteiger partial charge >= 0.3 is 0 Å². The van der Waals surface area contributed by atoms with Crippen molar-refractivity contribution in [2.24, 2.45) is 0 Å². The van der Waals surface area contributed by atoms with E-state index in [-0.39, 0.29) is 0 Å². The third-order valence-electron chi connectivity index (χ3n) is 4.68. The molecule has 3 nitrogen and oxygen atoms in total. The molecule has 0 saturated carbocycles. The van der Waals surface area contributed by atoms with Crippen LogP contribution in [0.4, 0.5) is 0 Å². The molecule has 0 N–H and O–H groups in total. The molecule has 0 heterocycles. The lowest BCUT2D eigenvalue weighted by Gasteiger charge is -2.14. The van der Waals surface area contributed by atoms with Crippen LogP contribution in [0.25, 0.3) is 0 Å². The predicted molar refractivity (Wildman–Crippen MR) is 114 cm³/mol. The number of ether oxygens (including phenoxy) is 2. The molecule has 0 bridgehead atoms. The largest absolute Gasteiger partial charge is 0.490 e. The van der Waals surface area contributed by atoms with E-state index in [0.29, 0.717) is 30.3 Å². The lowest BCUT2D eigenvalue weighted by molar-refractivity contribution is 0.108. The van der Waals surface area contributed by atoms with Gasteiger partial charge in [-0.15, -0.1) is 0 Å². The number of unbranched alkanes of at least 4 members (excludes halogenated alkanes) is 10. The van der Waals surface area contributed by atoms with Crippen LogP contribution in [-0.4, -0.2) is 18.5 Å². The molecule has 0 atom stereocenters. The summed E-state index contributed by atoms with van der Waals surface area (Å²) in [4.78, 5) is 11.4. The highest BCUT2D eigenvalue weighted by atomic mass is 35.5. The van der Waals surface area contributed by atoms with E-state index in [2.05, 4.69) is 13.8 Å². The first-order valence-corrected chi connectivity index (χ1v) is 11.2. The molecule has 27 heavy (non-hydrogen) atoms. The Balaban J connectivity index is 2.42. The minimum atomic E-state index is -0.470. The lowest BCUT2D eigenvalue weighted by Crippen LogP contribution is -2.04. The minimum Gasteiger partial charge on any atom is -0.490 e. The van der Waals surface area contributed by atoms with Crippen LogP contribution in [0, 0.1) is 0 Å². The van der Waals surface area contributed by atoms with Crippen molar-refractivity contribution in [3.05, 3.63) is 23.8 Å². The molecule has 0 aliphatic rings. The monoisotopic (exact) mass is 396 g/mol. The Bertz CT molecular complexity index is 516. The van der Waals surface area contributed by atoms with E-state index < -0.39 is 5.24 Å². The smallest absolute Gasteiger partial charge is 0.252 e. The molecule has 1 rings (SSSR count). The summed E-state index contributed by atoms with van der Waals surface area (Å²) >= 11 is 5.61. The fraction of sp³-hybridized carbons (Fsp3) is 0.696. The van der Waals surface area contributed by atoms with Gasteiger partial charge in [-0.2, -0.15) is 0 Å². The lowest BCUT2D eigenvalue weighted by atomic mass is 10.1. The molecule has 0 saturated heterocycles. The van der Waals surface area contributed by atoms with Crippen molar-refractivity contribution in [2.75, 3.05) is 13.2 Å². The average molecular weight is 397 g/mol. The standard InChI is InChI=1S/C23H37ClO3/c1-3-5-7-9-11-13-17-26-21-16-15-20(23(24)25)19-22(21)27-18-14-12-10-8-6-4-2/h15-16,19H,3-14,17-18H2,1-2H3. The van der Waals surface area contributed by atoms with Crippen molar-refractivity contribution in [1.82, 2.24) is 0 Å². The van der Waals surface area contributed by atoms with Gasteiger partial charge in [0.25, 0.3) is 5.24 Å². The molecule has 0 aromatic heterocycles. The molecule has 0 fully saturated rings. The molecule has 0 radical (unpaired) electrons. The van der Waals surface area contributed by atoms with Crippen LogP contribution in [0.3, 0.4) is 0 Å². The summed E-state index contributed by atoms with van der Waals surface area (Å²) in [6, 6.07) is 5.19. The fourth-order valence-corrected chi connectivity index (χ4v) is 3.11. The summed E-state index contributed by atoms with van der Waals surface area (Å²) in [6.07, 6.45) is 14.6. The van der Waals surface area contributed by atoms with Crippen LogP contribution in [0.15, 0.2) is 18.2 Å². The normalized spacial score (nSPS) is 10.8. The number of benzene rings is 1. The van der Waals surface area contributed by atoms with E-state index >= 15 is 0 Å². The number of hydrogen-bond donors (Lipinski definition) is 0. The topological polar surface area (TPSA) is 35.5 Å². The summed E-state index contributed by atoms with van der Waals surface area (Å²) in [6.45, 7) is 5.76. The maximum atomic E-state index is 11.4. The highest BCUT2D eigenvalue weighted by Gasteiger charge is 2.10. The Morgan fingerprint density at radius 3 is 1.74 bits per heavy atom. The van der Waals surface area contributed by atoms with Crippen LogP contribution in [-0.2, 0) is 0 Å². The quantitative estimate of drug-likeness (QED) is 0.201. The van der Waals surface area contributed by atoms with Crippen LogP contribution < -0.4 is 9.47 Å². The summed E-state index contributed by atoms with van der Waals surface area (Å²) in [5.74, 6) is 1.33. The third-order valence-corrected chi connectivity index (χ3v) is 4.90. The Kier molecular flexibility index (Phi) is 13.9. The highest BCUT2D eigenvalue weighted by molar-refractivity contribution is 6.67. The van der Waals surface area contributed by atoms with Gasteiger partial charge < -0.3 is 9.47 Å². The van der Waals surface area contributed by atoms with Crippen molar-refractivity contribution in [2.45, 2.75) is 90.9 Å². The van der Waals surface area contributed by atoms with E-state index in [1.165, 1.54) is 64.2 Å². The molecule has 0 aliphatic heterocycles. The van der Waals surface area contributed by atoms with Gasteiger partial charge in [0.05, 0.1) is 13.2 Å². The highest BCUT2D eigenvalue weighted by Crippen LogP contribution is 2.29. The summed E-state index contributed by atoms with van der Waals surface area (Å²) in [5, 5.41) is -0.470. The van der Waals surface area contributed by atoms with Gasteiger partial charge in [0.2, 0.25) is 0 Å². The molecule has 1 aromatic rings. The maximum absolute atomic E-state index is 11.4. The Labute approximate surface area is 170 Å². The molecular weight excluding hydrogens is 360 g/mol. The van der Waals surface area contributed by atoms with E-state index in [9.17, 15) is 4.79 Å². The zero-order valence-electron chi connectivity index (χ0n) is 17.2. The first-order chi connectivity index (χ1) is 13.2. The first kappa shape index (κ1) is 23.8. The second-order valence-corrected chi connectivity index (χ2v) is 7.51. The Hall–Kier alpha value is -1.22. The van der Waals surface area contributed by atoms with Crippen molar-refractivity contribution in [1.29, 1.82) is 0 Å². The third kappa shape index (κ3) is 11.3. The van der Waals surface area contributed by atoms with Gasteiger partial charge in [-0.1, -0.05) is 78.1 Å². The second kappa shape index (κ2) is 15.8. The van der Waals surface area contributed by atoms with Crippen molar-refractivity contribution in [3.63, 3.8) is 0 Å². The SMILES string of the molecule is CCCCCCCCOc1ccc(C(=O)Cl)cc1OCCCCCCCC. The molecule has 0 unspecified atom stereocenters. The van der Waals surface area contributed by atoms with E-state index in [1.807, 2.05) is 0 Å². The summed E-state index contributed by atoms with van der Waals surface area (Å²) in [7, 11) is 0. The fourth-order valence-electron chi connectivity index (χ4n) is 2.99. The Morgan fingerprint density at radius 2 is 1.22 bits per heavy atom. The van der Waals surface area contributed by atoms with Gasteiger partial charge in [0, 0.05) is 5.56 Å². The van der Waals surface area contributed by atoms with Crippen molar-refractivity contribution >= 4 is 16.8 Å². The molecular formula is C23H37ClO3. The van der Waals surface area contributed by atoms with Gasteiger partial charge in [-0.05, 0) is 42.6 Å². The molecule has 154 valence electrons. The predicted octanol–water partition coefficient (Wildman–Crippen LogP) is 7.54. The minimum absolute atomic E-state index is 0.446. The van der Waals surface area contributed by atoms with Gasteiger partial charge in [0.15, 0.2) is 11.5 Å². The van der Waals surface area contributed by atoms with Gasteiger partial charge in [-0.3, -0.25) is 4.79 Å². The van der Waals surface area contributed by atoms with Crippen LogP contribution >= 0.6 is 11.6 Å². The second-order valence-electron chi connectivity index (χ2n) is 7.17. The number of halogens is 1. The van der Waals surface area contributed by atoms with E-state index in [0.717, 1.165) is 12.8 Å². The maximum Gasteiger partial charge on any atom is 0.252 e. The average Bonchev–Trinajstić information content (AvgIpc) is 2.67.